The first-order valence-corrected chi connectivity index (χ1v) is 7.07. The Kier molecular flexibility index (Phi) is 6.73. The second-order valence-electron chi connectivity index (χ2n) is 4.94. The molecule has 1 nitrogen and oxygen atoms in total. The monoisotopic (exact) mass is 282 g/mol. The Morgan fingerprint density at radius 1 is 1.32 bits per heavy atom. The highest BCUT2D eigenvalue weighted by molar-refractivity contribution is 6.18. The summed E-state index contributed by atoms with van der Waals surface area (Å²) >= 11 is 5.57. The molecule has 104 valence electrons. The van der Waals surface area contributed by atoms with Crippen molar-refractivity contribution in [1.29, 1.82) is 0 Å². The number of halogens is 2. The molecule has 0 spiro atoms. The summed E-state index contributed by atoms with van der Waals surface area (Å²) in [6.45, 7) is 6.30. The highest BCUT2D eigenvalue weighted by Crippen LogP contribution is 2.22. The normalized spacial score (nSPS) is 11.9. The molecule has 1 rings (SSSR count). The van der Waals surface area contributed by atoms with Crippen LogP contribution in [0, 0.1) is 23.6 Å². The summed E-state index contributed by atoms with van der Waals surface area (Å²) in [7, 11) is 0. The quantitative estimate of drug-likeness (QED) is 0.566. The van der Waals surface area contributed by atoms with E-state index in [0.29, 0.717) is 29.5 Å². The average Bonchev–Trinajstić information content (AvgIpc) is 2.32. The van der Waals surface area contributed by atoms with Gasteiger partial charge in [0, 0.05) is 12.3 Å². The molecule has 0 N–H and O–H groups in total. The van der Waals surface area contributed by atoms with Crippen LogP contribution in [0.4, 0.5) is 4.39 Å². The van der Waals surface area contributed by atoms with Crippen molar-refractivity contribution in [1.82, 2.24) is 0 Å². The Morgan fingerprint density at radius 3 is 2.68 bits per heavy atom. The van der Waals surface area contributed by atoms with Gasteiger partial charge in [-0.25, -0.2) is 4.39 Å². The van der Waals surface area contributed by atoms with E-state index >= 15 is 0 Å². The van der Waals surface area contributed by atoms with Crippen molar-refractivity contribution >= 4 is 11.6 Å². The first-order valence-electron chi connectivity index (χ1n) is 6.54. The van der Waals surface area contributed by atoms with Crippen LogP contribution in [0.25, 0.3) is 0 Å². The Morgan fingerprint density at radius 2 is 2.05 bits per heavy atom. The van der Waals surface area contributed by atoms with Gasteiger partial charge in [-0.2, -0.15) is 0 Å². The van der Waals surface area contributed by atoms with Gasteiger partial charge in [0.2, 0.25) is 0 Å². The summed E-state index contributed by atoms with van der Waals surface area (Å²) in [5, 5.41) is 0. The second kappa shape index (κ2) is 8.07. The van der Waals surface area contributed by atoms with Gasteiger partial charge in [0.15, 0.2) is 0 Å². The molecule has 1 unspecified atom stereocenters. The standard InChI is InChI=1S/C16H20ClFO/c1-12(2)10-13(3)19-16-8-7-15(18)11-14(16)6-4-5-9-17/h7-8,11-13H,5,9-10H2,1-3H3. The third-order valence-electron chi connectivity index (χ3n) is 2.52. The van der Waals surface area contributed by atoms with E-state index in [0.717, 1.165) is 6.42 Å². The highest BCUT2D eigenvalue weighted by Gasteiger charge is 2.10. The molecular formula is C16H20ClFO. The van der Waals surface area contributed by atoms with Crippen LogP contribution in [-0.2, 0) is 0 Å². The van der Waals surface area contributed by atoms with Gasteiger partial charge in [-0.1, -0.05) is 25.7 Å². The SMILES string of the molecule is CC(C)CC(C)Oc1ccc(F)cc1C#CCCCl. The molecular weight excluding hydrogens is 263 g/mol. The molecule has 0 aliphatic carbocycles. The van der Waals surface area contributed by atoms with E-state index in [1.165, 1.54) is 12.1 Å². The largest absolute Gasteiger partial charge is 0.489 e. The molecule has 1 atom stereocenters. The second-order valence-corrected chi connectivity index (χ2v) is 5.32. The van der Waals surface area contributed by atoms with Gasteiger partial charge in [-0.3, -0.25) is 0 Å². The molecule has 1 aromatic rings. The van der Waals surface area contributed by atoms with Gasteiger partial charge in [-0.05, 0) is 37.5 Å². The molecule has 0 aliphatic rings. The lowest BCUT2D eigenvalue weighted by Crippen LogP contribution is -2.15. The van der Waals surface area contributed by atoms with Crippen LogP contribution in [0.15, 0.2) is 18.2 Å². The first kappa shape index (κ1) is 15.9. The van der Waals surface area contributed by atoms with Crippen molar-refractivity contribution in [3.8, 4) is 17.6 Å². The average molecular weight is 283 g/mol. The molecule has 0 saturated heterocycles. The van der Waals surface area contributed by atoms with Crippen molar-refractivity contribution < 1.29 is 9.13 Å². The van der Waals surface area contributed by atoms with E-state index in [9.17, 15) is 4.39 Å². The van der Waals surface area contributed by atoms with Gasteiger partial charge < -0.3 is 4.74 Å². The minimum atomic E-state index is -0.306. The lowest BCUT2D eigenvalue weighted by molar-refractivity contribution is 0.192. The summed E-state index contributed by atoms with van der Waals surface area (Å²) in [4.78, 5) is 0. The minimum Gasteiger partial charge on any atom is -0.489 e. The van der Waals surface area contributed by atoms with Crippen molar-refractivity contribution in [2.45, 2.75) is 39.7 Å². The lowest BCUT2D eigenvalue weighted by atomic mass is 10.1. The van der Waals surface area contributed by atoms with Gasteiger partial charge >= 0.3 is 0 Å². The van der Waals surface area contributed by atoms with Gasteiger partial charge in [0.1, 0.15) is 11.6 Å². The molecule has 0 saturated carbocycles. The fraction of sp³-hybridized carbons (Fsp3) is 0.500. The van der Waals surface area contributed by atoms with Crippen LogP contribution in [-0.4, -0.2) is 12.0 Å². The summed E-state index contributed by atoms with van der Waals surface area (Å²) in [6.07, 6.45) is 1.62. The molecule has 3 heteroatoms. The van der Waals surface area contributed by atoms with Crippen LogP contribution < -0.4 is 4.74 Å². The number of ether oxygens (including phenoxy) is 1. The molecule has 0 amide bonds. The Bertz CT molecular complexity index is 460. The first-order chi connectivity index (χ1) is 9.02. The lowest BCUT2D eigenvalue weighted by Gasteiger charge is -2.17. The van der Waals surface area contributed by atoms with Crippen LogP contribution in [0.1, 0.15) is 39.2 Å². The third kappa shape index (κ3) is 5.98. The summed E-state index contributed by atoms with van der Waals surface area (Å²) < 4.78 is 19.1. The molecule has 19 heavy (non-hydrogen) atoms. The highest BCUT2D eigenvalue weighted by atomic mass is 35.5. The molecule has 0 aliphatic heterocycles. The maximum absolute atomic E-state index is 13.3. The van der Waals surface area contributed by atoms with Crippen LogP contribution in [0.3, 0.4) is 0 Å². The summed E-state index contributed by atoms with van der Waals surface area (Å²) in [5.74, 6) is 7.18. The van der Waals surface area contributed by atoms with E-state index in [1.54, 1.807) is 6.07 Å². The number of benzene rings is 1. The fourth-order valence-electron chi connectivity index (χ4n) is 1.84. The fourth-order valence-corrected chi connectivity index (χ4v) is 1.93. The molecule has 0 heterocycles. The Balaban J connectivity index is 2.85. The van der Waals surface area contributed by atoms with E-state index in [4.69, 9.17) is 16.3 Å². The Labute approximate surface area is 120 Å². The van der Waals surface area contributed by atoms with Gasteiger partial charge in [0.05, 0.1) is 11.7 Å². The number of rotatable bonds is 5. The zero-order valence-corrected chi connectivity index (χ0v) is 12.4. The predicted octanol–water partition coefficient (Wildman–Crippen LogP) is 4.62. The molecule has 0 bridgehead atoms. The van der Waals surface area contributed by atoms with Crippen LogP contribution in [0.2, 0.25) is 0 Å². The third-order valence-corrected chi connectivity index (χ3v) is 2.70. The van der Waals surface area contributed by atoms with E-state index in [-0.39, 0.29) is 11.9 Å². The van der Waals surface area contributed by atoms with Crippen molar-refractivity contribution in [2.75, 3.05) is 5.88 Å². The molecule has 0 fully saturated rings. The molecule has 0 radical (unpaired) electrons. The number of hydrogen-bond acceptors (Lipinski definition) is 1. The zero-order chi connectivity index (χ0) is 14.3. The predicted molar refractivity (Wildman–Crippen MR) is 78.2 cm³/mol. The zero-order valence-electron chi connectivity index (χ0n) is 11.7. The Hall–Kier alpha value is -1.20. The summed E-state index contributed by atoms with van der Waals surface area (Å²) in [6, 6.07) is 4.43. The van der Waals surface area contributed by atoms with Gasteiger partial charge in [0.25, 0.3) is 0 Å². The van der Waals surface area contributed by atoms with Crippen molar-refractivity contribution in [3.05, 3.63) is 29.6 Å². The van der Waals surface area contributed by atoms with E-state index in [1.807, 2.05) is 6.92 Å². The smallest absolute Gasteiger partial charge is 0.135 e. The van der Waals surface area contributed by atoms with Crippen LogP contribution >= 0.6 is 11.6 Å². The summed E-state index contributed by atoms with van der Waals surface area (Å²) in [5.41, 5.74) is 0.584. The minimum absolute atomic E-state index is 0.0824. The molecule has 0 aromatic heterocycles. The van der Waals surface area contributed by atoms with Crippen molar-refractivity contribution in [2.24, 2.45) is 5.92 Å². The maximum Gasteiger partial charge on any atom is 0.135 e. The topological polar surface area (TPSA) is 9.23 Å². The van der Waals surface area contributed by atoms with Gasteiger partial charge in [-0.15, -0.1) is 11.6 Å². The number of hydrogen-bond donors (Lipinski definition) is 0. The van der Waals surface area contributed by atoms with E-state index in [2.05, 4.69) is 25.7 Å². The van der Waals surface area contributed by atoms with Crippen molar-refractivity contribution in [3.63, 3.8) is 0 Å². The maximum atomic E-state index is 13.3. The van der Waals surface area contributed by atoms with Crippen LogP contribution in [0.5, 0.6) is 5.75 Å². The molecule has 1 aromatic carbocycles. The number of alkyl halides is 1. The van der Waals surface area contributed by atoms with E-state index < -0.39 is 0 Å².